The average Bonchev–Trinajstić information content (AvgIpc) is 2.21. The van der Waals surface area contributed by atoms with Gasteiger partial charge in [-0.2, -0.15) is 0 Å². The van der Waals surface area contributed by atoms with Crippen molar-refractivity contribution in [1.82, 2.24) is 10.3 Å². The number of hydrogen-bond donors (Lipinski definition) is 2. The Balaban J connectivity index is 1.90. The standard InChI is InChI=1S/C12H15ClN2O2/c1-7-2-9(5-11(13)15-7)12(17)14-6-8-3-10(16)4-8/h2,5,8,10,16H,3-4,6H2,1H3,(H,14,17). The summed E-state index contributed by atoms with van der Waals surface area (Å²) in [6.07, 6.45) is 1.36. The molecule has 1 amide bonds. The van der Waals surface area contributed by atoms with Crippen LogP contribution in [0.1, 0.15) is 28.9 Å². The number of hydrogen-bond acceptors (Lipinski definition) is 3. The Labute approximate surface area is 105 Å². The minimum absolute atomic E-state index is 0.140. The molecule has 0 saturated heterocycles. The number of carbonyl (C=O) groups excluding carboxylic acids is 1. The van der Waals surface area contributed by atoms with Crippen molar-refractivity contribution in [2.45, 2.75) is 25.9 Å². The van der Waals surface area contributed by atoms with E-state index in [4.69, 9.17) is 16.7 Å². The maximum atomic E-state index is 11.8. The van der Waals surface area contributed by atoms with Crippen molar-refractivity contribution in [3.05, 3.63) is 28.5 Å². The van der Waals surface area contributed by atoms with Crippen LogP contribution in [0, 0.1) is 12.8 Å². The predicted octanol–water partition coefficient (Wildman–Crippen LogP) is 1.54. The molecule has 0 aliphatic heterocycles. The van der Waals surface area contributed by atoms with E-state index in [2.05, 4.69) is 10.3 Å². The molecule has 1 fully saturated rings. The van der Waals surface area contributed by atoms with Gasteiger partial charge in [-0.1, -0.05) is 11.6 Å². The molecule has 2 N–H and O–H groups in total. The van der Waals surface area contributed by atoms with E-state index in [9.17, 15) is 4.79 Å². The van der Waals surface area contributed by atoms with Crippen LogP contribution in [0.4, 0.5) is 0 Å². The fourth-order valence-electron chi connectivity index (χ4n) is 1.97. The number of rotatable bonds is 3. The second-order valence-electron chi connectivity index (χ2n) is 4.52. The third-order valence-electron chi connectivity index (χ3n) is 2.95. The first kappa shape index (κ1) is 12.3. The van der Waals surface area contributed by atoms with Gasteiger partial charge in [-0.05, 0) is 37.8 Å². The first-order chi connectivity index (χ1) is 8.04. The largest absolute Gasteiger partial charge is 0.393 e. The highest BCUT2D eigenvalue weighted by Gasteiger charge is 2.27. The van der Waals surface area contributed by atoms with Crippen molar-refractivity contribution in [3.63, 3.8) is 0 Å². The van der Waals surface area contributed by atoms with Crippen molar-refractivity contribution in [2.75, 3.05) is 6.54 Å². The van der Waals surface area contributed by atoms with Crippen LogP contribution >= 0.6 is 11.6 Å². The molecule has 0 bridgehead atoms. The lowest BCUT2D eigenvalue weighted by Gasteiger charge is -2.31. The molecule has 5 heteroatoms. The molecule has 1 aromatic rings. The lowest BCUT2D eigenvalue weighted by atomic mass is 9.82. The highest BCUT2D eigenvalue weighted by atomic mass is 35.5. The average molecular weight is 255 g/mol. The van der Waals surface area contributed by atoms with E-state index in [1.807, 2.05) is 0 Å². The summed E-state index contributed by atoms with van der Waals surface area (Å²) in [5.41, 5.74) is 1.25. The molecule has 1 saturated carbocycles. The van der Waals surface area contributed by atoms with E-state index in [0.29, 0.717) is 23.2 Å². The van der Waals surface area contributed by atoms with E-state index in [-0.39, 0.29) is 12.0 Å². The van der Waals surface area contributed by atoms with Crippen LogP contribution in [0.3, 0.4) is 0 Å². The van der Waals surface area contributed by atoms with Gasteiger partial charge >= 0.3 is 0 Å². The highest BCUT2D eigenvalue weighted by molar-refractivity contribution is 6.29. The number of aliphatic hydroxyl groups excluding tert-OH is 1. The number of amides is 1. The van der Waals surface area contributed by atoms with Gasteiger partial charge < -0.3 is 10.4 Å². The molecule has 0 unspecified atom stereocenters. The Kier molecular flexibility index (Phi) is 3.64. The molecule has 1 aliphatic carbocycles. The van der Waals surface area contributed by atoms with Crippen LogP contribution in [-0.2, 0) is 0 Å². The number of pyridine rings is 1. The monoisotopic (exact) mass is 254 g/mol. The summed E-state index contributed by atoms with van der Waals surface area (Å²) < 4.78 is 0. The molecule has 1 aromatic heterocycles. The number of aliphatic hydroxyl groups is 1. The smallest absolute Gasteiger partial charge is 0.251 e. The second kappa shape index (κ2) is 5.02. The maximum Gasteiger partial charge on any atom is 0.251 e. The summed E-state index contributed by atoms with van der Waals surface area (Å²) in [7, 11) is 0. The molecule has 1 heterocycles. The molecule has 0 atom stereocenters. The van der Waals surface area contributed by atoms with Crippen LogP contribution in [0.5, 0.6) is 0 Å². The van der Waals surface area contributed by atoms with Gasteiger partial charge in [0.1, 0.15) is 5.15 Å². The maximum absolute atomic E-state index is 11.8. The van der Waals surface area contributed by atoms with Gasteiger partial charge in [0.25, 0.3) is 5.91 Å². The van der Waals surface area contributed by atoms with Gasteiger partial charge in [0, 0.05) is 17.8 Å². The van der Waals surface area contributed by atoms with Crippen molar-refractivity contribution >= 4 is 17.5 Å². The number of nitrogens with zero attached hydrogens (tertiary/aromatic N) is 1. The highest BCUT2D eigenvalue weighted by Crippen LogP contribution is 2.26. The van der Waals surface area contributed by atoms with E-state index >= 15 is 0 Å². The number of halogens is 1. The molecule has 0 aromatic carbocycles. The lowest BCUT2D eigenvalue weighted by Crippen LogP contribution is -2.38. The van der Waals surface area contributed by atoms with Crippen LogP contribution in [0.2, 0.25) is 5.15 Å². The number of aromatic nitrogens is 1. The normalized spacial score (nSPS) is 23.0. The van der Waals surface area contributed by atoms with Crippen molar-refractivity contribution < 1.29 is 9.90 Å². The van der Waals surface area contributed by atoms with Gasteiger partial charge in [0.2, 0.25) is 0 Å². The van der Waals surface area contributed by atoms with E-state index in [1.54, 1.807) is 19.1 Å². The quantitative estimate of drug-likeness (QED) is 0.805. The first-order valence-corrected chi connectivity index (χ1v) is 6.03. The Morgan fingerprint density at radius 3 is 2.88 bits per heavy atom. The van der Waals surface area contributed by atoms with Crippen molar-refractivity contribution in [3.8, 4) is 0 Å². The van der Waals surface area contributed by atoms with Gasteiger partial charge in [-0.15, -0.1) is 0 Å². The summed E-state index contributed by atoms with van der Waals surface area (Å²) in [4.78, 5) is 15.8. The second-order valence-corrected chi connectivity index (χ2v) is 4.91. The number of carbonyl (C=O) groups is 1. The Hall–Kier alpha value is -1.13. The summed E-state index contributed by atoms with van der Waals surface area (Å²) >= 11 is 5.79. The van der Waals surface area contributed by atoms with Gasteiger partial charge in [-0.3, -0.25) is 4.79 Å². The zero-order valence-corrected chi connectivity index (χ0v) is 10.4. The van der Waals surface area contributed by atoms with Crippen LogP contribution < -0.4 is 5.32 Å². The van der Waals surface area contributed by atoms with Gasteiger partial charge in [0.15, 0.2) is 0 Å². The van der Waals surface area contributed by atoms with E-state index in [1.165, 1.54) is 0 Å². The van der Waals surface area contributed by atoms with Gasteiger partial charge in [0.05, 0.1) is 6.10 Å². The van der Waals surface area contributed by atoms with Gasteiger partial charge in [-0.25, -0.2) is 4.98 Å². The fourth-order valence-corrected chi connectivity index (χ4v) is 2.22. The molecular formula is C12H15ClN2O2. The van der Waals surface area contributed by atoms with E-state index < -0.39 is 0 Å². The SMILES string of the molecule is Cc1cc(C(=O)NCC2CC(O)C2)cc(Cl)n1. The van der Waals surface area contributed by atoms with E-state index in [0.717, 1.165) is 18.5 Å². The molecule has 2 rings (SSSR count). The topological polar surface area (TPSA) is 62.2 Å². The number of aryl methyl sites for hydroxylation is 1. The zero-order valence-electron chi connectivity index (χ0n) is 9.61. The van der Waals surface area contributed by atoms with Crippen molar-refractivity contribution in [1.29, 1.82) is 0 Å². The Morgan fingerprint density at radius 2 is 2.29 bits per heavy atom. The molecular weight excluding hydrogens is 240 g/mol. The third-order valence-corrected chi connectivity index (χ3v) is 3.14. The van der Waals surface area contributed by atoms with Crippen molar-refractivity contribution in [2.24, 2.45) is 5.92 Å². The molecule has 0 spiro atoms. The zero-order chi connectivity index (χ0) is 12.4. The molecule has 0 radical (unpaired) electrons. The summed E-state index contributed by atoms with van der Waals surface area (Å²) in [6.45, 7) is 2.40. The first-order valence-electron chi connectivity index (χ1n) is 5.65. The Bertz CT molecular complexity index is 410. The summed E-state index contributed by atoms with van der Waals surface area (Å²) in [5.74, 6) is 0.256. The predicted molar refractivity (Wildman–Crippen MR) is 65.0 cm³/mol. The fraction of sp³-hybridized carbons (Fsp3) is 0.500. The van der Waals surface area contributed by atoms with Crippen LogP contribution in [0.25, 0.3) is 0 Å². The third kappa shape index (κ3) is 3.17. The minimum Gasteiger partial charge on any atom is -0.393 e. The number of nitrogens with one attached hydrogen (secondary N) is 1. The lowest BCUT2D eigenvalue weighted by molar-refractivity contribution is 0.0420. The van der Waals surface area contributed by atoms with Crippen LogP contribution in [-0.4, -0.2) is 28.6 Å². The minimum atomic E-state index is -0.186. The Morgan fingerprint density at radius 1 is 1.59 bits per heavy atom. The molecule has 4 nitrogen and oxygen atoms in total. The van der Waals surface area contributed by atoms with Crippen LogP contribution in [0.15, 0.2) is 12.1 Å². The molecule has 1 aliphatic rings. The molecule has 17 heavy (non-hydrogen) atoms. The summed E-state index contributed by atoms with van der Waals surface area (Å²) in [5, 5.41) is 12.3. The molecule has 92 valence electrons. The summed E-state index contributed by atoms with van der Waals surface area (Å²) in [6, 6.07) is 3.26.